The molecule has 0 N–H and O–H groups in total. The minimum absolute atomic E-state index is 0.327. The fourth-order valence-electron chi connectivity index (χ4n) is 0.803. The first-order valence-corrected chi connectivity index (χ1v) is 5.02. The average Bonchev–Trinajstić information content (AvgIpc) is 2.56. The van der Waals surface area contributed by atoms with Crippen molar-refractivity contribution in [2.24, 2.45) is 0 Å². The molecule has 1 rings (SSSR count). The normalized spacial score (nSPS) is 12.6. The number of hydrogen-bond donors (Lipinski definition) is 0. The molecule has 17 heavy (non-hydrogen) atoms. The van der Waals surface area contributed by atoms with Crippen LogP contribution in [0.25, 0.3) is 0 Å². The maximum absolute atomic E-state index is 11.8. The van der Waals surface area contributed by atoms with Crippen molar-refractivity contribution in [2.75, 3.05) is 13.2 Å². The highest BCUT2D eigenvalue weighted by atomic mass is 32.1. The summed E-state index contributed by atoms with van der Waals surface area (Å²) in [5.41, 5.74) is 0. The summed E-state index contributed by atoms with van der Waals surface area (Å²) in [5, 5.41) is 0.948. The second-order valence-corrected chi connectivity index (χ2v) is 3.76. The van der Waals surface area contributed by atoms with Crippen LogP contribution in [-0.4, -0.2) is 25.6 Å². The second-order valence-electron chi connectivity index (χ2n) is 2.88. The monoisotopic (exact) mass is 280 g/mol. The predicted molar refractivity (Wildman–Crippen MR) is 47.4 cm³/mol. The molecule has 1 heterocycles. The van der Waals surface area contributed by atoms with Crippen LogP contribution < -0.4 is 9.47 Å². The van der Waals surface area contributed by atoms with Crippen molar-refractivity contribution in [1.29, 1.82) is 0 Å². The van der Waals surface area contributed by atoms with E-state index in [-0.39, 0.29) is 10.8 Å². The maximum Gasteiger partial charge on any atom is 0.422 e. The first-order valence-electron chi connectivity index (χ1n) is 4.14. The lowest BCUT2D eigenvalue weighted by Gasteiger charge is -2.11. The van der Waals surface area contributed by atoms with E-state index in [1.165, 1.54) is 5.38 Å². The van der Waals surface area contributed by atoms with Gasteiger partial charge in [-0.15, -0.1) is 11.3 Å². The molecule has 1 aromatic heterocycles. The van der Waals surface area contributed by atoms with E-state index in [4.69, 9.17) is 0 Å². The Hall–Kier alpha value is -1.12. The van der Waals surface area contributed by atoms with Crippen LogP contribution in [0.3, 0.4) is 0 Å². The Morgan fingerprint density at radius 2 is 1.47 bits per heavy atom. The van der Waals surface area contributed by atoms with Crippen LogP contribution in [0, 0.1) is 0 Å². The second kappa shape index (κ2) is 5.03. The Morgan fingerprint density at radius 1 is 0.941 bits per heavy atom. The Kier molecular flexibility index (Phi) is 4.12. The number of hydrogen-bond acceptors (Lipinski definition) is 3. The molecule has 0 aromatic carbocycles. The third-order valence-corrected chi connectivity index (χ3v) is 2.16. The molecule has 2 nitrogen and oxygen atoms in total. The summed E-state index contributed by atoms with van der Waals surface area (Å²) in [6, 6.07) is 1.11. The molecular weight excluding hydrogens is 274 g/mol. The number of ether oxygens (including phenoxy) is 2. The average molecular weight is 280 g/mol. The summed E-state index contributed by atoms with van der Waals surface area (Å²) in [7, 11) is 0. The van der Waals surface area contributed by atoms with Crippen molar-refractivity contribution in [3.05, 3.63) is 11.4 Å². The predicted octanol–water partition coefficient (Wildman–Crippen LogP) is 3.63. The molecule has 0 aliphatic rings. The third kappa shape index (κ3) is 5.66. The standard InChI is InChI=1S/C8H6F6O2S/c9-7(10,11)3-15-5-1-2-17-6(5)16-4-8(12,13)14/h1-2H,3-4H2. The lowest BCUT2D eigenvalue weighted by Crippen LogP contribution is -2.21. The molecule has 0 radical (unpaired) electrons. The lowest BCUT2D eigenvalue weighted by atomic mass is 10.5. The van der Waals surface area contributed by atoms with E-state index in [9.17, 15) is 26.3 Å². The molecule has 9 heteroatoms. The van der Waals surface area contributed by atoms with E-state index in [2.05, 4.69) is 9.47 Å². The molecule has 0 unspecified atom stereocenters. The van der Waals surface area contributed by atoms with Crippen LogP contribution in [-0.2, 0) is 0 Å². The minimum atomic E-state index is -4.55. The van der Waals surface area contributed by atoms with Gasteiger partial charge in [0.1, 0.15) is 0 Å². The summed E-state index contributed by atoms with van der Waals surface area (Å²) in [6.45, 7) is -3.15. The quantitative estimate of drug-likeness (QED) is 0.784. The molecule has 0 aliphatic carbocycles. The molecule has 1 aromatic rings. The number of rotatable bonds is 4. The van der Waals surface area contributed by atoms with Gasteiger partial charge in [-0.1, -0.05) is 0 Å². The van der Waals surface area contributed by atoms with Crippen molar-refractivity contribution in [2.45, 2.75) is 12.4 Å². The van der Waals surface area contributed by atoms with Crippen LogP contribution in [0.15, 0.2) is 11.4 Å². The van der Waals surface area contributed by atoms with Gasteiger partial charge in [0.05, 0.1) is 0 Å². The van der Waals surface area contributed by atoms with Crippen LogP contribution >= 0.6 is 11.3 Å². The van der Waals surface area contributed by atoms with Gasteiger partial charge in [0.25, 0.3) is 0 Å². The van der Waals surface area contributed by atoms with Crippen LogP contribution in [0.5, 0.6) is 10.8 Å². The van der Waals surface area contributed by atoms with Gasteiger partial charge in [-0.05, 0) is 11.4 Å². The minimum Gasteiger partial charge on any atom is -0.479 e. The van der Waals surface area contributed by atoms with Gasteiger partial charge in [0.2, 0.25) is 5.06 Å². The molecule has 0 aliphatic heterocycles. The van der Waals surface area contributed by atoms with Crippen molar-refractivity contribution < 1.29 is 35.8 Å². The summed E-state index contributed by atoms with van der Waals surface area (Å²) >= 11 is 0.726. The number of thiophene rings is 1. The van der Waals surface area contributed by atoms with E-state index >= 15 is 0 Å². The number of halogens is 6. The van der Waals surface area contributed by atoms with Crippen molar-refractivity contribution >= 4 is 11.3 Å². The highest BCUT2D eigenvalue weighted by Crippen LogP contribution is 2.35. The summed E-state index contributed by atoms with van der Waals surface area (Å²) < 4.78 is 79.5. The summed E-state index contributed by atoms with van der Waals surface area (Å²) in [5.74, 6) is -0.350. The first kappa shape index (κ1) is 13.9. The van der Waals surface area contributed by atoms with Crippen LogP contribution in [0.4, 0.5) is 26.3 Å². The van der Waals surface area contributed by atoms with Crippen LogP contribution in [0.2, 0.25) is 0 Å². The van der Waals surface area contributed by atoms with E-state index in [0.29, 0.717) is 0 Å². The zero-order chi connectivity index (χ0) is 13.1. The lowest BCUT2D eigenvalue weighted by molar-refractivity contribution is -0.157. The van der Waals surface area contributed by atoms with E-state index < -0.39 is 25.6 Å². The first-order chi connectivity index (χ1) is 7.67. The molecule has 98 valence electrons. The zero-order valence-corrected chi connectivity index (χ0v) is 8.88. The highest BCUT2D eigenvalue weighted by Gasteiger charge is 2.31. The molecule has 0 spiro atoms. The Balaban J connectivity index is 2.54. The largest absolute Gasteiger partial charge is 0.479 e. The van der Waals surface area contributed by atoms with Gasteiger partial charge in [-0.25, -0.2) is 0 Å². The van der Waals surface area contributed by atoms with Gasteiger partial charge in [-0.2, -0.15) is 26.3 Å². The zero-order valence-electron chi connectivity index (χ0n) is 8.06. The SMILES string of the molecule is FC(F)(F)COc1ccsc1OCC(F)(F)F. The number of alkyl halides is 6. The Bertz CT molecular complexity index is 323. The van der Waals surface area contributed by atoms with Crippen molar-refractivity contribution in [3.8, 4) is 10.8 Å². The smallest absolute Gasteiger partial charge is 0.422 e. The van der Waals surface area contributed by atoms with E-state index in [1.54, 1.807) is 0 Å². The molecule has 0 amide bonds. The molecule has 0 saturated heterocycles. The summed E-state index contributed by atoms with van der Waals surface area (Å²) in [4.78, 5) is 0. The molecule has 0 bridgehead atoms. The molecule has 0 saturated carbocycles. The third-order valence-electron chi connectivity index (χ3n) is 1.35. The van der Waals surface area contributed by atoms with Gasteiger partial charge >= 0.3 is 12.4 Å². The van der Waals surface area contributed by atoms with Gasteiger partial charge < -0.3 is 9.47 Å². The fourth-order valence-corrected chi connectivity index (χ4v) is 1.49. The summed E-state index contributed by atoms with van der Waals surface area (Å²) in [6.07, 6.45) is -9.10. The van der Waals surface area contributed by atoms with Gasteiger partial charge in [0, 0.05) is 0 Å². The molecular formula is C8H6F6O2S. The molecule has 0 fully saturated rings. The van der Waals surface area contributed by atoms with Gasteiger partial charge in [-0.3, -0.25) is 0 Å². The Labute approximate surface area is 95.8 Å². The van der Waals surface area contributed by atoms with E-state index in [0.717, 1.165) is 17.4 Å². The highest BCUT2D eigenvalue weighted by molar-refractivity contribution is 7.12. The topological polar surface area (TPSA) is 18.5 Å². The van der Waals surface area contributed by atoms with Crippen LogP contribution in [0.1, 0.15) is 0 Å². The Morgan fingerprint density at radius 3 is 2.00 bits per heavy atom. The van der Waals surface area contributed by atoms with E-state index in [1.807, 2.05) is 0 Å². The van der Waals surface area contributed by atoms with Crippen molar-refractivity contribution in [1.82, 2.24) is 0 Å². The fraction of sp³-hybridized carbons (Fsp3) is 0.500. The van der Waals surface area contributed by atoms with Gasteiger partial charge in [0.15, 0.2) is 19.0 Å². The maximum atomic E-state index is 11.8. The molecule has 0 atom stereocenters. The van der Waals surface area contributed by atoms with Crippen molar-refractivity contribution in [3.63, 3.8) is 0 Å².